The number of carbonyl (C=O) groups excluding carboxylic acids is 3. The predicted octanol–water partition coefficient (Wildman–Crippen LogP) is 1.56. The third kappa shape index (κ3) is 4.04. The van der Waals surface area contributed by atoms with Gasteiger partial charge in [-0.1, -0.05) is 18.2 Å². The first-order valence-corrected chi connectivity index (χ1v) is 4.98. The Bertz CT molecular complexity index is 398. The van der Waals surface area contributed by atoms with Crippen LogP contribution in [0.3, 0.4) is 0 Å². The molecule has 4 nitrogen and oxygen atoms in total. The van der Waals surface area contributed by atoms with Crippen molar-refractivity contribution in [1.29, 1.82) is 0 Å². The van der Waals surface area contributed by atoms with Gasteiger partial charge < -0.3 is 10.1 Å². The molecular formula is C12H13NO3. The maximum absolute atomic E-state index is 11.4. The number of rotatable bonds is 5. The molecule has 4 heteroatoms. The third-order valence-corrected chi connectivity index (χ3v) is 1.99. The number of anilines is 1. The molecule has 0 saturated carbocycles. The number of Topliss-reactive ketones (excluding diaryl/α,β-unsaturated/α-hetero) is 2. The van der Waals surface area contributed by atoms with Crippen molar-refractivity contribution in [3.63, 3.8) is 0 Å². The standard InChI is InChI=1S/C12H13NO3/c1-9(14)7-8-11(15)12(16)13-10-5-3-2-4-6-10/h2-6H,7-8H2,1H3,(H,13,16). The molecule has 0 aliphatic carbocycles. The first-order valence-electron chi connectivity index (χ1n) is 4.98. The van der Waals surface area contributed by atoms with E-state index in [9.17, 15) is 14.4 Å². The highest BCUT2D eigenvalue weighted by Crippen LogP contribution is 2.05. The zero-order valence-corrected chi connectivity index (χ0v) is 9.03. The van der Waals surface area contributed by atoms with Crippen LogP contribution >= 0.6 is 0 Å². The van der Waals surface area contributed by atoms with Gasteiger partial charge in [0.1, 0.15) is 5.78 Å². The van der Waals surface area contributed by atoms with Crippen LogP contribution in [0.4, 0.5) is 5.69 Å². The number of ketones is 2. The molecule has 1 rings (SSSR count). The van der Waals surface area contributed by atoms with Crippen LogP contribution in [0.15, 0.2) is 30.3 Å². The second-order valence-electron chi connectivity index (χ2n) is 3.45. The fourth-order valence-electron chi connectivity index (χ4n) is 1.13. The van der Waals surface area contributed by atoms with Crippen molar-refractivity contribution in [3.8, 4) is 0 Å². The highest BCUT2D eigenvalue weighted by atomic mass is 16.2. The molecule has 16 heavy (non-hydrogen) atoms. The SMILES string of the molecule is CC(=O)CCC(=O)C(=O)Nc1ccccc1. The minimum atomic E-state index is -0.674. The maximum Gasteiger partial charge on any atom is 0.291 e. The topological polar surface area (TPSA) is 63.2 Å². The van der Waals surface area contributed by atoms with Gasteiger partial charge in [-0.25, -0.2) is 0 Å². The number of hydrogen-bond donors (Lipinski definition) is 1. The van der Waals surface area contributed by atoms with Gasteiger partial charge in [0.15, 0.2) is 0 Å². The molecule has 1 aromatic carbocycles. The van der Waals surface area contributed by atoms with Gasteiger partial charge in [0.05, 0.1) is 0 Å². The Balaban J connectivity index is 2.46. The second kappa shape index (κ2) is 5.80. The molecular weight excluding hydrogens is 206 g/mol. The number of nitrogens with one attached hydrogen (secondary N) is 1. The van der Waals surface area contributed by atoms with E-state index in [-0.39, 0.29) is 18.6 Å². The van der Waals surface area contributed by atoms with Crippen LogP contribution in [-0.2, 0) is 14.4 Å². The lowest BCUT2D eigenvalue weighted by Gasteiger charge is -2.02. The van der Waals surface area contributed by atoms with Crippen molar-refractivity contribution in [2.24, 2.45) is 0 Å². The number of para-hydroxylation sites is 1. The number of benzene rings is 1. The van der Waals surface area contributed by atoms with E-state index in [1.54, 1.807) is 24.3 Å². The van der Waals surface area contributed by atoms with E-state index in [4.69, 9.17) is 0 Å². The van der Waals surface area contributed by atoms with E-state index in [0.717, 1.165) is 0 Å². The van der Waals surface area contributed by atoms with Crippen molar-refractivity contribution < 1.29 is 14.4 Å². The van der Waals surface area contributed by atoms with Crippen LogP contribution < -0.4 is 5.32 Å². The zero-order valence-electron chi connectivity index (χ0n) is 9.03. The highest BCUT2D eigenvalue weighted by molar-refractivity contribution is 6.40. The average Bonchev–Trinajstić information content (AvgIpc) is 2.27. The summed E-state index contributed by atoms with van der Waals surface area (Å²) < 4.78 is 0. The minimum absolute atomic E-state index is 0.0337. The summed E-state index contributed by atoms with van der Waals surface area (Å²) >= 11 is 0. The number of hydrogen-bond acceptors (Lipinski definition) is 3. The van der Waals surface area contributed by atoms with Crippen molar-refractivity contribution in [2.75, 3.05) is 5.32 Å². The molecule has 0 bridgehead atoms. The van der Waals surface area contributed by atoms with E-state index in [1.807, 2.05) is 6.07 Å². The van der Waals surface area contributed by atoms with E-state index in [2.05, 4.69) is 5.32 Å². The van der Waals surface area contributed by atoms with Crippen LogP contribution in [-0.4, -0.2) is 17.5 Å². The summed E-state index contributed by atoms with van der Waals surface area (Å²) in [7, 11) is 0. The summed E-state index contributed by atoms with van der Waals surface area (Å²) in [5.74, 6) is -1.34. The van der Waals surface area contributed by atoms with Crippen molar-refractivity contribution in [3.05, 3.63) is 30.3 Å². The normalized spacial score (nSPS) is 9.56. The highest BCUT2D eigenvalue weighted by Gasteiger charge is 2.13. The Labute approximate surface area is 93.7 Å². The Morgan fingerprint density at radius 3 is 2.25 bits per heavy atom. The molecule has 0 unspecified atom stereocenters. The summed E-state index contributed by atoms with van der Waals surface area (Å²) in [4.78, 5) is 33.3. The molecule has 0 spiro atoms. The molecule has 1 N–H and O–H groups in total. The van der Waals surface area contributed by atoms with Crippen molar-refractivity contribution >= 4 is 23.2 Å². The third-order valence-electron chi connectivity index (χ3n) is 1.99. The lowest BCUT2D eigenvalue weighted by Crippen LogP contribution is -2.22. The predicted molar refractivity (Wildman–Crippen MR) is 60.0 cm³/mol. The Hall–Kier alpha value is -1.97. The summed E-state index contributed by atoms with van der Waals surface area (Å²) in [5.41, 5.74) is 0.573. The Kier molecular flexibility index (Phi) is 4.39. The molecule has 0 aliphatic rings. The summed E-state index contributed by atoms with van der Waals surface area (Å²) in [6.07, 6.45) is 0.0784. The molecule has 0 aromatic heterocycles. The van der Waals surface area contributed by atoms with E-state index in [0.29, 0.717) is 5.69 Å². The first kappa shape index (κ1) is 12.1. The molecule has 0 heterocycles. The van der Waals surface area contributed by atoms with Gasteiger partial charge in [0.25, 0.3) is 5.91 Å². The van der Waals surface area contributed by atoms with Gasteiger partial charge in [-0.3, -0.25) is 9.59 Å². The van der Waals surface area contributed by atoms with Gasteiger partial charge in [0.2, 0.25) is 5.78 Å². The fourth-order valence-corrected chi connectivity index (χ4v) is 1.13. The van der Waals surface area contributed by atoms with Crippen LogP contribution in [0, 0.1) is 0 Å². The minimum Gasteiger partial charge on any atom is -0.319 e. The van der Waals surface area contributed by atoms with Gasteiger partial charge in [-0.2, -0.15) is 0 Å². The van der Waals surface area contributed by atoms with E-state index < -0.39 is 11.7 Å². The first-order chi connectivity index (χ1) is 7.59. The average molecular weight is 219 g/mol. The van der Waals surface area contributed by atoms with Crippen molar-refractivity contribution in [1.82, 2.24) is 0 Å². The quantitative estimate of drug-likeness (QED) is 0.764. The Morgan fingerprint density at radius 1 is 1.06 bits per heavy atom. The monoisotopic (exact) mass is 219 g/mol. The van der Waals surface area contributed by atoms with Gasteiger partial charge in [-0.05, 0) is 19.1 Å². The van der Waals surface area contributed by atoms with Crippen LogP contribution in [0.1, 0.15) is 19.8 Å². The smallest absolute Gasteiger partial charge is 0.291 e. The van der Waals surface area contributed by atoms with Crippen LogP contribution in [0.2, 0.25) is 0 Å². The summed E-state index contributed by atoms with van der Waals surface area (Å²) in [5, 5.41) is 2.47. The fraction of sp³-hybridized carbons (Fsp3) is 0.250. The summed E-state index contributed by atoms with van der Waals surface area (Å²) in [6.45, 7) is 1.39. The molecule has 0 atom stereocenters. The molecule has 0 radical (unpaired) electrons. The van der Waals surface area contributed by atoms with Gasteiger partial charge >= 0.3 is 0 Å². The molecule has 1 aromatic rings. The molecule has 84 valence electrons. The van der Waals surface area contributed by atoms with E-state index >= 15 is 0 Å². The maximum atomic E-state index is 11.4. The van der Waals surface area contributed by atoms with Crippen molar-refractivity contribution in [2.45, 2.75) is 19.8 Å². The lowest BCUT2D eigenvalue weighted by molar-refractivity contribution is -0.135. The molecule has 0 aliphatic heterocycles. The molecule has 1 amide bonds. The lowest BCUT2D eigenvalue weighted by atomic mass is 10.1. The van der Waals surface area contributed by atoms with E-state index in [1.165, 1.54) is 6.92 Å². The van der Waals surface area contributed by atoms with Crippen LogP contribution in [0.25, 0.3) is 0 Å². The second-order valence-corrected chi connectivity index (χ2v) is 3.45. The number of carbonyl (C=O) groups is 3. The van der Waals surface area contributed by atoms with Gasteiger partial charge in [-0.15, -0.1) is 0 Å². The van der Waals surface area contributed by atoms with Gasteiger partial charge in [0, 0.05) is 18.5 Å². The largest absolute Gasteiger partial charge is 0.319 e. The Morgan fingerprint density at radius 2 is 1.69 bits per heavy atom. The summed E-state index contributed by atoms with van der Waals surface area (Å²) in [6, 6.07) is 8.71. The zero-order chi connectivity index (χ0) is 12.0. The molecule has 0 saturated heterocycles. The number of amides is 1. The molecule has 0 fully saturated rings. The van der Waals surface area contributed by atoms with Crippen LogP contribution in [0.5, 0.6) is 0 Å².